The van der Waals surface area contributed by atoms with Crippen LogP contribution in [-0.2, 0) is 9.47 Å². The lowest BCUT2D eigenvalue weighted by Gasteiger charge is -2.35. The lowest BCUT2D eigenvalue weighted by molar-refractivity contribution is 0.0694. The van der Waals surface area contributed by atoms with Crippen LogP contribution >= 0.6 is 0 Å². The van der Waals surface area contributed by atoms with E-state index in [1.54, 1.807) is 24.5 Å². The Morgan fingerprint density at radius 1 is 0.892 bits per heavy atom. The molecule has 5 heterocycles. The van der Waals surface area contributed by atoms with Crippen LogP contribution < -0.4 is 20.4 Å². The highest BCUT2D eigenvalue weighted by atomic mass is 16.5. The molecule has 6 rings (SSSR count). The Hall–Kier alpha value is -3.87. The number of pyridine rings is 1. The zero-order valence-electron chi connectivity index (χ0n) is 20.2. The lowest BCUT2D eigenvalue weighted by atomic mass is 10.2. The summed E-state index contributed by atoms with van der Waals surface area (Å²) in [5.41, 5.74) is 2.08. The van der Waals surface area contributed by atoms with Gasteiger partial charge in [-0.05, 0) is 42.8 Å². The van der Waals surface area contributed by atoms with E-state index < -0.39 is 6.10 Å². The topological polar surface area (TPSA) is 138 Å². The molecule has 3 N–H and O–H groups in total. The molecule has 3 aliphatic rings. The van der Waals surface area contributed by atoms with Gasteiger partial charge < -0.3 is 35.0 Å². The van der Waals surface area contributed by atoms with Gasteiger partial charge in [-0.1, -0.05) is 0 Å². The molecule has 3 saturated heterocycles. The van der Waals surface area contributed by atoms with Crippen molar-refractivity contribution in [2.24, 2.45) is 0 Å². The number of carbonyl (C=O) groups is 1. The normalized spacial score (nSPS) is 23.1. The number of nitrogens with one attached hydrogen (secondary N) is 2. The van der Waals surface area contributed by atoms with Crippen molar-refractivity contribution in [3.63, 3.8) is 0 Å². The minimum atomic E-state index is -0.483. The number of benzene rings is 1. The van der Waals surface area contributed by atoms with E-state index in [0.717, 1.165) is 5.56 Å². The van der Waals surface area contributed by atoms with E-state index in [9.17, 15) is 9.90 Å². The van der Waals surface area contributed by atoms with E-state index in [-0.39, 0.29) is 18.1 Å². The van der Waals surface area contributed by atoms with Gasteiger partial charge in [-0.3, -0.25) is 4.98 Å². The molecule has 12 nitrogen and oxygen atoms in total. The molecule has 2 aromatic heterocycles. The highest BCUT2D eigenvalue weighted by Gasteiger charge is 2.45. The maximum absolute atomic E-state index is 12.3. The van der Waals surface area contributed by atoms with Gasteiger partial charge >= 0.3 is 6.03 Å². The third-order valence-corrected chi connectivity index (χ3v) is 6.78. The number of morpholine rings is 2. The molecule has 3 atom stereocenters. The van der Waals surface area contributed by atoms with E-state index >= 15 is 0 Å². The van der Waals surface area contributed by atoms with Crippen LogP contribution in [0.4, 0.5) is 28.1 Å². The van der Waals surface area contributed by atoms with Gasteiger partial charge in [0.1, 0.15) is 0 Å². The highest BCUT2D eigenvalue weighted by molar-refractivity contribution is 5.99. The van der Waals surface area contributed by atoms with Crippen molar-refractivity contribution in [2.45, 2.75) is 24.6 Å². The van der Waals surface area contributed by atoms with Gasteiger partial charge in [0.05, 0.1) is 44.6 Å². The van der Waals surface area contributed by atoms with Gasteiger partial charge in [-0.2, -0.15) is 15.0 Å². The molecule has 3 aromatic rings. The molecule has 0 saturated carbocycles. The number of hydrogen-bond acceptors (Lipinski definition) is 10. The van der Waals surface area contributed by atoms with Gasteiger partial charge in [0.2, 0.25) is 11.9 Å². The Bertz CT molecular complexity index is 1240. The number of hydrogen-bond donors (Lipinski definition) is 3. The van der Waals surface area contributed by atoms with E-state index in [1.165, 1.54) is 0 Å². The number of carbonyl (C=O) groups excluding carboxylic acids is 1. The Kier molecular flexibility index (Phi) is 6.51. The number of anilines is 4. The lowest BCUT2D eigenvalue weighted by Crippen LogP contribution is -2.49. The first-order valence-electron chi connectivity index (χ1n) is 12.4. The van der Waals surface area contributed by atoms with E-state index in [2.05, 4.69) is 25.4 Å². The van der Waals surface area contributed by atoms with Gasteiger partial charge in [-0.15, -0.1) is 0 Å². The third-order valence-electron chi connectivity index (χ3n) is 6.78. The maximum Gasteiger partial charge on any atom is 0.323 e. The van der Waals surface area contributed by atoms with E-state index in [1.807, 2.05) is 24.3 Å². The van der Waals surface area contributed by atoms with E-state index in [0.29, 0.717) is 75.0 Å². The fraction of sp³-hybridized carbons (Fsp3) is 0.400. The molecule has 2 amide bonds. The van der Waals surface area contributed by atoms with Crippen LogP contribution in [0.2, 0.25) is 0 Å². The minimum Gasteiger partial charge on any atom is -0.391 e. The van der Waals surface area contributed by atoms with Crippen molar-refractivity contribution >= 4 is 29.3 Å². The standard InChI is InChI=1S/C25H28N8O4/c34-21-13-19-14-37-15-20(21)33(19)24-30-22(29-23(31-24)32-9-11-36-12-10-32)16-1-3-17(4-2-16)27-25(35)28-18-5-7-26-8-6-18/h1-8,19-21,34H,9-15H2,(H2,26,27,28,35)/t19-,20-,21-/m0/s1. The summed E-state index contributed by atoms with van der Waals surface area (Å²) in [6, 6.07) is 10.3. The first kappa shape index (κ1) is 23.5. The second kappa shape index (κ2) is 10.2. The first-order chi connectivity index (χ1) is 18.1. The van der Waals surface area contributed by atoms with Gasteiger partial charge in [-0.25, -0.2) is 4.79 Å². The average Bonchev–Trinajstić information content (AvgIpc) is 3.12. The molecule has 3 aliphatic heterocycles. The molecule has 192 valence electrons. The zero-order valence-corrected chi connectivity index (χ0v) is 20.2. The van der Waals surface area contributed by atoms with Crippen molar-refractivity contribution in [3.05, 3.63) is 48.8 Å². The molecule has 0 radical (unpaired) electrons. The summed E-state index contributed by atoms with van der Waals surface area (Å²) in [5.74, 6) is 1.66. The van der Waals surface area contributed by atoms with Crippen LogP contribution in [0.1, 0.15) is 6.42 Å². The minimum absolute atomic E-state index is 0.0204. The van der Waals surface area contributed by atoms with Gasteiger partial charge in [0.15, 0.2) is 5.82 Å². The molecule has 0 spiro atoms. The molecule has 37 heavy (non-hydrogen) atoms. The molecule has 1 aromatic carbocycles. The summed E-state index contributed by atoms with van der Waals surface area (Å²) in [7, 11) is 0. The molecule has 0 aliphatic carbocycles. The number of aromatic nitrogens is 4. The second-order valence-corrected chi connectivity index (χ2v) is 9.22. The van der Waals surface area contributed by atoms with Crippen LogP contribution in [0.3, 0.4) is 0 Å². The molecular formula is C25H28N8O4. The predicted molar refractivity (Wildman–Crippen MR) is 137 cm³/mol. The van der Waals surface area contributed by atoms with Crippen molar-refractivity contribution < 1.29 is 19.4 Å². The molecule has 0 unspecified atom stereocenters. The Morgan fingerprint density at radius 3 is 2.32 bits per heavy atom. The predicted octanol–water partition coefficient (Wildman–Crippen LogP) is 1.75. The smallest absolute Gasteiger partial charge is 0.323 e. The Morgan fingerprint density at radius 2 is 1.59 bits per heavy atom. The quantitative estimate of drug-likeness (QED) is 0.471. The summed E-state index contributed by atoms with van der Waals surface area (Å²) in [6.45, 7) is 3.57. The molecule has 12 heteroatoms. The summed E-state index contributed by atoms with van der Waals surface area (Å²) in [6.07, 6.45) is 3.37. The Labute approximate surface area is 213 Å². The van der Waals surface area contributed by atoms with Crippen molar-refractivity contribution in [1.29, 1.82) is 0 Å². The fourth-order valence-electron chi connectivity index (χ4n) is 4.92. The van der Waals surface area contributed by atoms with Gasteiger partial charge in [0, 0.05) is 42.4 Å². The number of fused-ring (bicyclic) bond motifs is 2. The summed E-state index contributed by atoms with van der Waals surface area (Å²) in [5, 5.41) is 16.2. The second-order valence-electron chi connectivity index (χ2n) is 9.22. The zero-order chi connectivity index (χ0) is 25.2. The number of nitrogens with zero attached hydrogens (tertiary/aromatic N) is 6. The van der Waals surface area contributed by atoms with Crippen LogP contribution in [0.5, 0.6) is 0 Å². The number of rotatable bonds is 5. The number of ether oxygens (including phenoxy) is 2. The van der Waals surface area contributed by atoms with Crippen molar-refractivity contribution in [2.75, 3.05) is 60.0 Å². The van der Waals surface area contributed by atoms with Gasteiger partial charge in [0.25, 0.3) is 0 Å². The fourth-order valence-corrected chi connectivity index (χ4v) is 4.92. The summed E-state index contributed by atoms with van der Waals surface area (Å²) < 4.78 is 11.2. The maximum atomic E-state index is 12.3. The average molecular weight is 505 g/mol. The third kappa shape index (κ3) is 5.03. The SMILES string of the molecule is O=C(Nc1ccncc1)Nc1ccc(-c2nc(N3CCOCC3)nc(N3[C@@H]4COC[C@H]3[C@@H](O)C4)n2)cc1. The van der Waals surface area contributed by atoms with Crippen LogP contribution in [0.15, 0.2) is 48.8 Å². The first-order valence-corrected chi connectivity index (χ1v) is 12.4. The largest absolute Gasteiger partial charge is 0.391 e. The van der Waals surface area contributed by atoms with Crippen LogP contribution in [0, 0.1) is 0 Å². The van der Waals surface area contributed by atoms with E-state index in [4.69, 9.17) is 24.4 Å². The molecule has 3 fully saturated rings. The summed E-state index contributed by atoms with van der Waals surface area (Å²) in [4.78, 5) is 34.9. The van der Waals surface area contributed by atoms with Crippen LogP contribution in [-0.4, -0.2) is 88.8 Å². The monoisotopic (exact) mass is 504 g/mol. The Balaban J connectivity index is 1.26. The number of aliphatic hydroxyl groups is 1. The van der Waals surface area contributed by atoms with Crippen LogP contribution in [0.25, 0.3) is 11.4 Å². The van der Waals surface area contributed by atoms with Crippen molar-refractivity contribution in [3.8, 4) is 11.4 Å². The summed E-state index contributed by atoms with van der Waals surface area (Å²) >= 11 is 0. The number of aliphatic hydroxyl groups excluding tert-OH is 1. The molecular weight excluding hydrogens is 476 g/mol. The van der Waals surface area contributed by atoms with Crippen molar-refractivity contribution in [1.82, 2.24) is 19.9 Å². The number of urea groups is 1. The molecule has 2 bridgehead atoms. The number of amides is 2. The highest BCUT2D eigenvalue weighted by Crippen LogP contribution is 2.34.